The van der Waals surface area contributed by atoms with Gasteiger partial charge in [0.1, 0.15) is 0 Å². The lowest BCUT2D eigenvalue weighted by atomic mass is 10.0. The van der Waals surface area contributed by atoms with Crippen LogP contribution in [0.5, 0.6) is 0 Å². The molecular weight excluding hydrogens is 677 g/mol. The van der Waals surface area contributed by atoms with Crippen molar-refractivity contribution in [1.29, 1.82) is 0 Å². The van der Waals surface area contributed by atoms with Gasteiger partial charge in [0.15, 0.2) is 0 Å². The summed E-state index contributed by atoms with van der Waals surface area (Å²) < 4.78 is 8.56. The highest BCUT2D eigenvalue weighted by atomic mass is 32.1. The normalized spacial score (nSPS) is 12.8. The second kappa shape index (κ2) is 15.2. The lowest BCUT2D eigenvalue weighted by Crippen LogP contribution is -2.08. The van der Waals surface area contributed by atoms with Crippen molar-refractivity contribution in [2.24, 2.45) is 5.73 Å². The van der Waals surface area contributed by atoms with Crippen molar-refractivity contribution in [3.8, 4) is 20.9 Å². The third-order valence-corrected chi connectivity index (χ3v) is 15.7. The zero-order valence-electron chi connectivity index (χ0n) is 26.9. The molecule has 0 saturated carbocycles. The molecule has 46 heavy (non-hydrogen) atoms. The van der Waals surface area contributed by atoms with Gasteiger partial charge < -0.3 is 11.1 Å². The van der Waals surface area contributed by atoms with Gasteiger partial charge in [0, 0.05) is 75.5 Å². The van der Waals surface area contributed by atoms with E-state index in [9.17, 15) is 0 Å². The molecule has 0 spiro atoms. The Hall–Kier alpha value is -1.78. The maximum Gasteiger partial charge on any atom is 0.0549 e. The van der Waals surface area contributed by atoms with E-state index in [0.29, 0.717) is 0 Å². The van der Waals surface area contributed by atoms with Gasteiger partial charge in [-0.15, -0.1) is 68.0 Å². The van der Waals surface area contributed by atoms with Gasteiger partial charge in [0.05, 0.1) is 18.8 Å². The van der Waals surface area contributed by atoms with Crippen molar-refractivity contribution in [2.45, 2.75) is 96.9 Å². The van der Waals surface area contributed by atoms with Crippen LogP contribution in [0.3, 0.4) is 0 Å². The summed E-state index contributed by atoms with van der Waals surface area (Å²) >= 11 is 11.5. The highest BCUT2D eigenvalue weighted by Crippen LogP contribution is 2.51. The first-order valence-corrected chi connectivity index (χ1v) is 22.2. The molecule has 1 unspecified atom stereocenters. The first kappa shape index (κ1) is 32.8. The quantitative estimate of drug-likeness (QED) is 0.0919. The summed E-state index contributed by atoms with van der Waals surface area (Å²) in [5.41, 5.74) is 12.0. The van der Waals surface area contributed by atoms with E-state index < -0.39 is 0 Å². The molecule has 0 saturated heterocycles. The highest BCUT2D eigenvalue weighted by Gasteiger charge is 2.20. The monoisotopic (exact) mass is 720 g/mol. The molecule has 0 aliphatic heterocycles. The number of rotatable bonds is 17. The smallest absolute Gasteiger partial charge is 0.0549 e. The average molecular weight is 721 g/mol. The van der Waals surface area contributed by atoms with Gasteiger partial charge in [0.25, 0.3) is 0 Å². The largest absolute Gasteiger partial charge is 0.384 e. The lowest BCUT2D eigenvalue weighted by Gasteiger charge is -2.09. The number of hydrogen-bond acceptors (Lipinski definition) is 8. The summed E-state index contributed by atoms with van der Waals surface area (Å²) in [4.78, 5) is 2.74. The Balaban J connectivity index is 1.08. The molecule has 7 rings (SSSR count). The fraction of sp³-hybridized carbons (Fsp3) is 0.421. The van der Waals surface area contributed by atoms with Gasteiger partial charge >= 0.3 is 0 Å². The molecular formula is C38H44N2S6. The number of hydrogen-bond donors (Lipinski definition) is 2. The maximum atomic E-state index is 6.63. The Morgan fingerprint density at radius 2 is 1.17 bits per heavy atom. The molecule has 2 nitrogen and oxygen atoms in total. The lowest BCUT2D eigenvalue weighted by molar-refractivity contribution is 0.556. The predicted octanol–water partition coefficient (Wildman–Crippen LogP) is 15.1. The van der Waals surface area contributed by atoms with Crippen molar-refractivity contribution >= 4 is 113 Å². The zero-order valence-corrected chi connectivity index (χ0v) is 31.8. The average Bonchev–Trinajstić information content (AvgIpc) is 3.90. The number of benzene rings is 1. The Morgan fingerprint density at radius 3 is 1.85 bits per heavy atom. The van der Waals surface area contributed by atoms with Crippen LogP contribution in [0.15, 0.2) is 45.8 Å². The number of nitrogens with two attached hydrogens (primary N) is 1. The molecule has 0 fully saturated rings. The van der Waals surface area contributed by atoms with Crippen LogP contribution in [0.1, 0.15) is 103 Å². The molecule has 1 aromatic carbocycles. The third-order valence-electron chi connectivity index (χ3n) is 9.14. The van der Waals surface area contributed by atoms with E-state index in [-0.39, 0.29) is 6.04 Å². The summed E-state index contributed by atoms with van der Waals surface area (Å²) in [5.74, 6) is 0. The van der Waals surface area contributed by atoms with Crippen molar-refractivity contribution in [3.05, 3.63) is 51.3 Å². The molecule has 242 valence electrons. The summed E-state index contributed by atoms with van der Waals surface area (Å²) in [5, 5.41) is 15.9. The van der Waals surface area contributed by atoms with Crippen LogP contribution < -0.4 is 11.1 Å². The van der Waals surface area contributed by atoms with Gasteiger partial charge in [-0.05, 0) is 48.1 Å². The van der Waals surface area contributed by atoms with Crippen LogP contribution in [-0.2, 0) is 0 Å². The first-order valence-electron chi connectivity index (χ1n) is 17.1. The van der Waals surface area contributed by atoms with Crippen LogP contribution in [0.4, 0.5) is 5.69 Å². The fourth-order valence-corrected chi connectivity index (χ4v) is 13.8. The zero-order chi connectivity index (χ0) is 31.5. The van der Waals surface area contributed by atoms with E-state index in [1.54, 1.807) is 0 Å². The van der Waals surface area contributed by atoms with Gasteiger partial charge in [-0.1, -0.05) is 78.1 Å². The molecule has 0 aliphatic rings. The fourth-order valence-electron chi connectivity index (χ4n) is 6.44. The van der Waals surface area contributed by atoms with Gasteiger partial charge in [-0.25, -0.2) is 0 Å². The van der Waals surface area contributed by atoms with Crippen molar-refractivity contribution < 1.29 is 0 Å². The number of fused-ring (bicyclic) bond motifs is 6. The minimum absolute atomic E-state index is 0.148. The molecule has 3 N–H and O–H groups in total. The maximum absolute atomic E-state index is 6.63. The predicted molar refractivity (Wildman–Crippen MR) is 217 cm³/mol. The number of thiophene rings is 6. The second-order valence-corrected chi connectivity index (χ2v) is 18.3. The van der Waals surface area contributed by atoms with Crippen molar-refractivity contribution in [1.82, 2.24) is 0 Å². The van der Waals surface area contributed by atoms with Crippen molar-refractivity contribution in [3.63, 3.8) is 0 Å². The molecule has 0 aliphatic carbocycles. The summed E-state index contributed by atoms with van der Waals surface area (Å²) in [6.45, 7) is 5.62. The summed E-state index contributed by atoms with van der Waals surface area (Å²) in [6.07, 6.45) is 15.6. The number of anilines is 1. The van der Waals surface area contributed by atoms with E-state index in [4.69, 9.17) is 5.73 Å². The summed E-state index contributed by atoms with van der Waals surface area (Å²) in [7, 11) is 0. The molecule has 0 radical (unpaired) electrons. The molecule has 1 atom stereocenters. The van der Waals surface area contributed by atoms with Crippen LogP contribution in [0, 0.1) is 0 Å². The van der Waals surface area contributed by atoms with E-state index in [1.165, 1.54) is 142 Å². The minimum atomic E-state index is 0.148. The van der Waals surface area contributed by atoms with E-state index >= 15 is 0 Å². The Morgan fingerprint density at radius 1 is 0.587 bits per heavy atom. The minimum Gasteiger partial charge on any atom is -0.384 e. The molecule has 0 amide bonds. The molecule has 6 aromatic heterocycles. The van der Waals surface area contributed by atoms with E-state index in [0.717, 1.165) is 13.0 Å². The molecule has 7 aromatic rings. The van der Waals surface area contributed by atoms with E-state index in [2.05, 4.69) is 64.9 Å². The third kappa shape index (κ3) is 6.87. The topological polar surface area (TPSA) is 38.0 Å². The standard InChI is InChI=1S/C38H44N2S6/c1-3-5-7-9-11-13-15-40-25-17-32(42-21-25)29-23-44-36-27-18-26-33(19-34(27)46-38(29)36)45-37-28(22-43-35(26)37)31-16-24(20-41-31)30(39)14-12-10-8-6-4-2/h16-23,30,40H,3-15,39H2,1-2H3. The molecule has 8 heteroatoms. The second-order valence-electron chi connectivity index (χ2n) is 12.6. The van der Waals surface area contributed by atoms with Crippen LogP contribution >= 0.6 is 68.0 Å². The number of nitrogens with one attached hydrogen (secondary N) is 1. The van der Waals surface area contributed by atoms with Crippen LogP contribution in [0.2, 0.25) is 0 Å². The van der Waals surface area contributed by atoms with Gasteiger partial charge in [-0.3, -0.25) is 0 Å². The number of unbranched alkanes of at least 4 members (excludes halogenated alkanes) is 9. The van der Waals surface area contributed by atoms with Crippen LogP contribution in [0.25, 0.3) is 59.9 Å². The molecule has 6 heterocycles. The van der Waals surface area contributed by atoms with Gasteiger partial charge in [0.2, 0.25) is 0 Å². The molecule has 0 bridgehead atoms. The first-order chi connectivity index (χ1) is 22.6. The summed E-state index contributed by atoms with van der Waals surface area (Å²) in [6, 6.07) is 9.82. The highest BCUT2D eigenvalue weighted by molar-refractivity contribution is 7.35. The Labute approximate surface area is 297 Å². The Bertz CT molecular complexity index is 2030. The Kier molecular flexibility index (Phi) is 10.8. The van der Waals surface area contributed by atoms with Crippen molar-refractivity contribution in [2.75, 3.05) is 11.9 Å². The van der Waals surface area contributed by atoms with Gasteiger partial charge in [-0.2, -0.15) is 0 Å². The van der Waals surface area contributed by atoms with Crippen LogP contribution in [-0.4, -0.2) is 6.54 Å². The van der Waals surface area contributed by atoms with E-state index in [1.807, 2.05) is 68.0 Å². The SMILES string of the molecule is CCCCCCCCNc1csc(-c2csc3c2sc2cc4sc5c(-c6cc(C(N)CCCCCCC)cs6)csc5c4cc23)c1.